The molecule has 1 atom stereocenters. The van der Waals surface area contributed by atoms with Gasteiger partial charge in [-0.3, -0.25) is 4.68 Å². The molecule has 0 saturated heterocycles. The summed E-state index contributed by atoms with van der Waals surface area (Å²) in [5.41, 5.74) is 0.940. The number of aliphatic hydroxyl groups excluding tert-OH is 1. The second-order valence-corrected chi connectivity index (χ2v) is 4.51. The fraction of sp³-hybridized carbons (Fsp3) is 0.385. The summed E-state index contributed by atoms with van der Waals surface area (Å²) in [4.78, 5) is 4.21. The molecule has 7 heteroatoms. The molecule has 1 unspecified atom stereocenters. The van der Waals surface area contributed by atoms with Gasteiger partial charge in [-0.05, 0) is 6.07 Å². The molecule has 0 spiro atoms. The van der Waals surface area contributed by atoms with Crippen LogP contribution in [-0.4, -0.2) is 40.7 Å². The Bertz CT molecular complexity index is 574. The van der Waals surface area contributed by atoms with E-state index < -0.39 is 6.10 Å². The summed E-state index contributed by atoms with van der Waals surface area (Å²) in [5, 5.41) is 15.0. The molecule has 2 aromatic heterocycles. The fourth-order valence-electron chi connectivity index (χ4n) is 1.84. The first kappa shape index (κ1) is 14.8. The van der Waals surface area contributed by atoms with Gasteiger partial charge in [-0.1, -0.05) is 17.7 Å². The van der Waals surface area contributed by atoms with Crippen LogP contribution in [0.1, 0.15) is 17.5 Å². The van der Waals surface area contributed by atoms with Crippen LogP contribution >= 0.6 is 11.6 Å². The van der Waals surface area contributed by atoms with Crippen molar-refractivity contribution in [2.75, 3.05) is 20.8 Å². The standard InChI is InChI=1S/C13H16ClN3O3/c1-19-7-6-17-12(9(14)8-15-17)13(18)10-4-3-5-11(16-10)20-2/h3-5,8,13,18H,6-7H2,1-2H3. The van der Waals surface area contributed by atoms with E-state index in [-0.39, 0.29) is 0 Å². The summed E-state index contributed by atoms with van der Waals surface area (Å²) in [7, 11) is 3.12. The van der Waals surface area contributed by atoms with Crippen molar-refractivity contribution in [1.82, 2.24) is 14.8 Å². The minimum atomic E-state index is -0.975. The summed E-state index contributed by atoms with van der Waals surface area (Å²) in [6, 6.07) is 5.17. The number of halogens is 1. The molecule has 2 heterocycles. The highest BCUT2D eigenvalue weighted by Crippen LogP contribution is 2.28. The Hall–Kier alpha value is -1.63. The van der Waals surface area contributed by atoms with Crippen LogP contribution in [0.3, 0.4) is 0 Å². The lowest BCUT2D eigenvalue weighted by molar-refractivity contribution is 0.170. The monoisotopic (exact) mass is 297 g/mol. The summed E-state index contributed by atoms with van der Waals surface area (Å²) in [6.07, 6.45) is 0.521. The molecule has 0 aromatic carbocycles. The lowest BCUT2D eigenvalue weighted by Gasteiger charge is -2.14. The van der Waals surface area contributed by atoms with Crippen molar-refractivity contribution in [3.8, 4) is 5.88 Å². The maximum atomic E-state index is 10.5. The van der Waals surface area contributed by atoms with E-state index in [1.165, 1.54) is 13.3 Å². The lowest BCUT2D eigenvalue weighted by Crippen LogP contribution is -2.14. The zero-order valence-electron chi connectivity index (χ0n) is 11.3. The van der Waals surface area contributed by atoms with E-state index in [2.05, 4.69) is 10.1 Å². The van der Waals surface area contributed by atoms with Crippen LogP contribution in [-0.2, 0) is 11.3 Å². The van der Waals surface area contributed by atoms with Crippen LogP contribution in [0.5, 0.6) is 5.88 Å². The molecule has 2 rings (SSSR count). The third-order valence-corrected chi connectivity index (χ3v) is 3.13. The number of pyridine rings is 1. The smallest absolute Gasteiger partial charge is 0.213 e. The van der Waals surface area contributed by atoms with E-state index in [9.17, 15) is 5.11 Å². The van der Waals surface area contributed by atoms with Crippen LogP contribution in [0.4, 0.5) is 0 Å². The number of ether oxygens (including phenoxy) is 2. The van der Waals surface area contributed by atoms with Gasteiger partial charge in [-0.25, -0.2) is 4.98 Å². The molecule has 0 aliphatic carbocycles. The van der Waals surface area contributed by atoms with Gasteiger partial charge in [-0.2, -0.15) is 5.10 Å². The number of hydrogen-bond acceptors (Lipinski definition) is 5. The van der Waals surface area contributed by atoms with Crippen molar-refractivity contribution in [1.29, 1.82) is 0 Å². The summed E-state index contributed by atoms with van der Waals surface area (Å²) in [6.45, 7) is 0.975. The van der Waals surface area contributed by atoms with Gasteiger partial charge in [0.25, 0.3) is 0 Å². The van der Waals surface area contributed by atoms with Gasteiger partial charge >= 0.3 is 0 Å². The lowest BCUT2D eigenvalue weighted by atomic mass is 10.1. The van der Waals surface area contributed by atoms with E-state index in [1.54, 1.807) is 30.0 Å². The van der Waals surface area contributed by atoms with Crippen molar-refractivity contribution in [3.63, 3.8) is 0 Å². The van der Waals surface area contributed by atoms with E-state index in [1.807, 2.05) is 0 Å². The van der Waals surface area contributed by atoms with Gasteiger partial charge in [0.1, 0.15) is 6.10 Å². The normalized spacial score (nSPS) is 12.4. The molecule has 0 amide bonds. The van der Waals surface area contributed by atoms with Crippen molar-refractivity contribution < 1.29 is 14.6 Å². The number of aliphatic hydroxyl groups is 1. The molecule has 0 saturated carbocycles. The first-order valence-electron chi connectivity index (χ1n) is 6.06. The first-order chi connectivity index (χ1) is 9.67. The predicted octanol–water partition coefficient (Wildman–Crippen LogP) is 1.67. The van der Waals surface area contributed by atoms with Gasteiger partial charge in [0.15, 0.2) is 0 Å². The Morgan fingerprint density at radius 3 is 2.90 bits per heavy atom. The topological polar surface area (TPSA) is 69.4 Å². The van der Waals surface area contributed by atoms with E-state index >= 15 is 0 Å². The molecular weight excluding hydrogens is 282 g/mol. The third kappa shape index (κ3) is 3.09. The van der Waals surface area contributed by atoms with Crippen LogP contribution in [0.2, 0.25) is 5.02 Å². The largest absolute Gasteiger partial charge is 0.481 e. The molecule has 6 nitrogen and oxygen atoms in total. The Morgan fingerprint density at radius 1 is 1.40 bits per heavy atom. The average molecular weight is 298 g/mol. The minimum absolute atomic E-state index is 0.387. The highest BCUT2D eigenvalue weighted by Gasteiger charge is 2.21. The third-order valence-electron chi connectivity index (χ3n) is 2.83. The van der Waals surface area contributed by atoms with Crippen molar-refractivity contribution >= 4 is 11.6 Å². The van der Waals surface area contributed by atoms with Crippen LogP contribution in [0.15, 0.2) is 24.4 Å². The summed E-state index contributed by atoms with van der Waals surface area (Å²) < 4.78 is 11.7. The second kappa shape index (κ2) is 6.69. The van der Waals surface area contributed by atoms with Crippen molar-refractivity contribution in [2.45, 2.75) is 12.6 Å². The van der Waals surface area contributed by atoms with E-state index in [4.69, 9.17) is 21.1 Å². The minimum Gasteiger partial charge on any atom is -0.481 e. The summed E-state index contributed by atoms with van der Waals surface area (Å²) in [5.74, 6) is 0.431. The van der Waals surface area contributed by atoms with E-state index in [0.717, 1.165) is 0 Å². The number of methoxy groups -OCH3 is 2. The first-order valence-corrected chi connectivity index (χ1v) is 6.44. The molecule has 108 valence electrons. The van der Waals surface area contributed by atoms with Crippen molar-refractivity contribution in [2.24, 2.45) is 0 Å². The Balaban J connectivity index is 2.31. The van der Waals surface area contributed by atoms with Gasteiger partial charge in [0, 0.05) is 13.2 Å². The SMILES string of the molecule is COCCn1ncc(Cl)c1C(O)c1cccc(OC)n1. The molecule has 0 aliphatic heterocycles. The van der Waals surface area contributed by atoms with Gasteiger partial charge in [-0.15, -0.1) is 0 Å². The Morgan fingerprint density at radius 2 is 2.20 bits per heavy atom. The molecule has 1 N–H and O–H groups in total. The molecule has 0 radical (unpaired) electrons. The molecular formula is C13H16ClN3O3. The number of rotatable bonds is 6. The maximum Gasteiger partial charge on any atom is 0.213 e. The summed E-state index contributed by atoms with van der Waals surface area (Å²) >= 11 is 6.10. The zero-order valence-corrected chi connectivity index (χ0v) is 12.0. The Labute approximate surface area is 121 Å². The van der Waals surface area contributed by atoms with E-state index in [0.29, 0.717) is 35.4 Å². The molecule has 0 bridgehead atoms. The highest BCUT2D eigenvalue weighted by molar-refractivity contribution is 6.31. The van der Waals surface area contributed by atoms with Crippen molar-refractivity contribution in [3.05, 3.63) is 40.8 Å². The zero-order chi connectivity index (χ0) is 14.5. The number of nitrogens with zero attached hydrogens (tertiary/aromatic N) is 3. The Kier molecular flexibility index (Phi) is 4.94. The number of aromatic nitrogens is 3. The van der Waals surface area contributed by atoms with Crippen LogP contribution < -0.4 is 4.74 Å². The van der Waals surface area contributed by atoms with Gasteiger partial charge in [0.05, 0.1) is 42.9 Å². The average Bonchev–Trinajstić information content (AvgIpc) is 2.85. The van der Waals surface area contributed by atoms with Gasteiger partial charge in [0.2, 0.25) is 5.88 Å². The quantitative estimate of drug-likeness (QED) is 0.878. The number of hydrogen-bond donors (Lipinski definition) is 1. The molecule has 2 aromatic rings. The fourth-order valence-corrected chi connectivity index (χ4v) is 2.08. The van der Waals surface area contributed by atoms with Crippen LogP contribution in [0, 0.1) is 0 Å². The maximum absolute atomic E-state index is 10.5. The predicted molar refractivity (Wildman–Crippen MR) is 74.0 cm³/mol. The van der Waals surface area contributed by atoms with Crippen LogP contribution in [0.25, 0.3) is 0 Å². The molecule has 20 heavy (non-hydrogen) atoms. The highest BCUT2D eigenvalue weighted by atomic mass is 35.5. The second-order valence-electron chi connectivity index (χ2n) is 4.10. The molecule has 0 aliphatic rings. The van der Waals surface area contributed by atoms with Gasteiger partial charge < -0.3 is 14.6 Å². The molecule has 0 fully saturated rings.